The Morgan fingerprint density at radius 3 is 2.33 bits per heavy atom. The molecule has 0 spiro atoms. The molecule has 2 aromatic carbocycles. The largest absolute Gasteiger partial charge is 0.393 e. The average Bonchev–Trinajstić information content (AvgIpc) is 3.81. The highest BCUT2D eigenvalue weighted by molar-refractivity contribution is 6.00. The van der Waals surface area contributed by atoms with E-state index in [1.54, 1.807) is 17.8 Å². The zero-order valence-corrected chi connectivity index (χ0v) is 38.4. The van der Waals surface area contributed by atoms with Gasteiger partial charge in [-0.05, 0) is 99.7 Å². The minimum atomic E-state index is -4.26. The first-order valence-electron chi connectivity index (χ1n) is 24.1. The van der Waals surface area contributed by atoms with Gasteiger partial charge in [0.1, 0.15) is 11.7 Å². The standard InChI is InChI=1S/C49H63F3N10O5/c1-57-43-29-33(6-13-41(43)62(48(57)66)42-14-15-44(64)55-46(42)65)3-2-27-67-28-26-58-20-16-36(17-21-58)60-24-22-59(23-25-60)31-34-4-7-35(8-5-34)40-32-61(37-9-11-38(63)12-10-37)45-39(40)30-54-47(56-45)53-19-18-49(50,51)52/h4-8,13,29-30,32,36-38,42,63H,2-3,9-12,14-28,31H2,1H3,(H,53,54,56)(H,55,64,65)/t37?,38?,42-/m0/s1. The quantitative estimate of drug-likeness (QED) is 0.0813. The molecule has 18 heteroatoms. The van der Waals surface area contributed by atoms with E-state index >= 15 is 0 Å². The molecule has 9 rings (SSSR count). The number of nitrogens with one attached hydrogen (secondary N) is 2. The summed E-state index contributed by atoms with van der Waals surface area (Å²) in [6, 6.07) is 14.6. The lowest BCUT2D eigenvalue weighted by atomic mass is 9.93. The maximum atomic E-state index is 13.1. The number of aliphatic hydroxyl groups is 1. The number of aliphatic hydroxyl groups excluding tert-OH is 1. The molecule has 6 heterocycles. The normalized spacial score (nSPS) is 22.0. The lowest BCUT2D eigenvalue weighted by Gasteiger charge is -2.42. The molecule has 3 aliphatic heterocycles. The van der Waals surface area contributed by atoms with Crippen LogP contribution in [0.2, 0.25) is 0 Å². The number of carbonyl (C=O) groups is 2. The van der Waals surface area contributed by atoms with E-state index in [-0.39, 0.29) is 42.7 Å². The number of aryl methyl sites for hydroxylation is 2. The van der Waals surface area contributed by atoms with Crippen molar-refractivity contribution in [1.29, 1.82) is 0 Å². The number of anilines is 1. The number of likely N-dealkylation sites (tertiary alicyclic amines) is 1. The van der Waals surface area contributed by atoms with Gasteiger partial charge >= 0.3 is 11.9 Å². The highest BCUT2D eigenvalue weighted by Gasteiger charge is 2.32. The van der Waals surface area contributed by atoms with Gasteiger partial charge in [0.25, 0.3) is 0 Å². The number of hydrogen-bond acceptors (Lipinski definition) is 11. The number of nitrogens with zero attached hydrogens (tertiary/aromatic N) is 8. The summed E-state index contributed by atoms with van der Waals surface area (Å²) < 4.78 is 49.7. The number of halogens is 3. The second kappa shape index (κ2) is 20.6. The number of rotatable bonds is 16. The molecule has 1 atom stereocenters. The van der Waals surface area contributed by atoms with Crippen molar-refractivity contribution in [2.75, 3.05) is 70.9 Å². The van der Waals surface area contributed by atoms with Crippen LogP contribution in [0.25, 0.3) is 33.2 Å². The van der Waals surface area contributed by atoms with Crippen LogP contribution in [0.1, 0.15) is 87.4 Å². The molecule has 0 unspecified atom stereocenters. The average molecular weight is 929 g/mol. The van der Waals surface area contributed by atoms with Crippen molar-refractivity contribution in [2.24, 2.45) is 7.05 Å². The summed E-state index contributed by atoms with van der Waals surface area (Å²) in [4.78, 5) is 54.1. The Bertz CT molecular complexity index is 2570. The van der Waals surface area contributed by atoms with Crippen molar-refractivity contribution in [3.8, 4) is 11.1 Å². The fourth-order valence-electron chi connectivity index (χ4n) is 10.6. The number of imide groups is 1. The van der Waals surface area contributed by atoms with Gasteiger partial charge in [0.05, 0.1) is 30.2 Å². The highest BCUT2D eigenvalue weighted by Crippen LogP contribution is 2.37. The van der Waals surface area contributed by atoms with Crippen molar-refractivity contribution < 1.29 is 32.6 Å². The van der Waals surface area contributed by atoms with Crippen LogP contribution in [0.5, 0.6) is 0 Å². The Balaban J connectivity index is 0.694. The summed E-state index contributed by atoms with van der Waals surface area (Å²) in [5.74, 6) is -0.552. The van der Waals surface area contributed by atoms with Crippen molar-refractivity contribution >= 4 is 39.8 Å². The molecule has 0 radical (unpaired) electrons. The van der Waals surface area contributed by atoms with E-state index < -0.39 is 24.5 Å². The highest BCUT2D eigenvalue weighted by atomic mass is 19.4. The predicted molar refractivity (Wildman–Crippen MR) is 250 cm³/mol. The number of carbonyl (C=O) groups excluding carboxylic acids is 2. The Kier molecular flexibility index (Phi) is 14.4. The number of hydrogen-bond donors (Lipinski definition) is 3. The van der Waals surface area contributed by atoms with Crippen LogP contribution in [-0.2, 0) is 34.3 Å². The zero-order chi connectivity index (χ0) is 46.7. The first-order valence-corrected chi connectivity index (χ1v) is 24.1. The fraction of sp³-hybridized carbons (Fsp3) is 0.571. The predicted octanol–water partition coefficient (Wildman–Crippen LogP) is 5.80. The Morgan fingerprint density at radius 1 is 0.851 bits per heavy atom. The molecule has 4 fully saturated rings. The molecule has 3 N–H and O–H groups in total. The summed E-state index contributed by atoms with van der Waals surface area (Å²) >= 11 is 0. The number of piperidine rings is 2. The molecule has 0 bridgehead atoms. The monoisotopic (exact) mass is 928 g/mol. The number of piperazine rings is 1. The van der Waals surface area contributed by atoms with Gasteiger partial charge in [-0.3, -0.25) is 33.8 Å². The van der Waals surface area contributed by atoms with E-state index in [1.165, 1.54) is 10.1 Å². The van der Waals surface area contributed by atoms with Crippen LogP contribution in [0.15, 0.2) is 59.7 Å². The molecule has 15 nitrogen and oxygen atoms in total. The van der Waals surface area contributed by atoms with Crippen molar-refractivity contribution in [3.05, 3.63) is 76.5 Å². The van der Waals surface area contributed by atoms with Crippen molar-refractivity contribution in [3.63, 3.8) is 0 Å². The second-order valence-corrected chi connectivity index (χ2v) is 18.9. The van der Waals surface area contributed by atoms with Crippen LogP contribution in [0.4, 0.5) is 19.1 Å². The number of alkyl halides is 3. The third-order valence-electron chi connectivity index (χ3n) is 14.5. The van der Waals surface area contributed by atoms with Crippen LogP contribution < -0.4 is 16.3 Å². The SMILES string of the molecule is Cn1c(=O)n([C@H]2CCC(=O)NC2=O)c2ccc(CCCOCCN3CCC(N4CCN(Cc5ccc(-c6cn(C7CCC(O)CC7)c7nc(NCCC(F)(F)F)ncc67)cc5)CC4)CC3)cc21. The van der Waals surface area contributed by atoms with Crippen LogP contribution in [-0.4, -0.2) is 139 Å². The van der Waals surface area contributed by atoms with E-state index in [4.69, 9.17) is 9.72 Å². The Hall–Kier alpha value is -5.14. The fourth-order valence-corrected chi connectivity index (χ4v) is 10.6. The third kappa shape index (κ3) is 11.1. The molecule has 2 amide bonds. The molecule has 5 aromatic rings. The van der Waals surface area contributed by atoms with Crippen LogP contribution in [0, 0.1) is 0 Å². The smallest absolute Gasteiger partial charge is 0.390 e. The lowest BCUT2D eigenvalue weighted by molar-refractivity contribution is -0.136. The molecule has 360 valence electrons. The molecular weight excluding hydrogens is 866 g/mol. The number of fused-ring (bicyclic) bond motifs is 2. The van der Waals surface area contributed by atoms with Crippen LogP contribution in [0.3, 0.4) is 0 Å². The maximum absolute atomic E-state index is 13.1. The van der Waals surface area contributed by atoms with Crippen LogP contribution >= 0.6 is 0 Å². The van der Waals surface area contributed by atoms with Gasteiger partial charge in [-0.1, -0.05) is 30.3 Å². The second-order valence-electron chi connectivity index (χ2n) is 18.9. The molecule has 67 heavy (non-hydrogen) atoms. The molecule has 4 aliphatic rings. The zero-order valence-electron chi connectivity index (χ0n) is 38.4. The Morgan fingerprint density at radius 2 is 1.60 bits per heavy atom. The van der Waals surface area contributed by atoms with Gasteiger partial charge in [-0.15, -0.1) is 0 Å². The van der Waals surface area contributed by atoms with Gasteiger partial charge in [-0.25, -0.2) is 9.78 Å². The summed E-state index contributed by atoms with van der Waals surface area (Å²) in [7, 11) is 1.72. The van der Waals surface area contributed by atoms with Gasteiger partial charge in [0.2, 0.25) is 17.8 Å². The molecular formula is C49H63F3N10O5. The molecule has 3 saturated heterocycles. The Labute approximate surface area is 388 Å². The third-order valence-corrected chi connectivity index (χ3v) is 14.5. The maximum Gasteiger partial charge on any atom is 0.390 e. The molecule has 1 saturated carbocycles. The summed E-state index contributed by atoms with van der Waals surface area (Å²) in [5, 5.41) is 16.1. The number of benzene rings is 2. The lowest BCUT2D eigenvalue weighted by Crippen LogP contribution is -2.53. The summed E-state index contributed by atoms with van der Waals surface area (Å²) in [6.07, 6.45) is 5.83. The van der Waals surface area contributed by atoms with E-state index in [1.807, 2.05) is 18.2 Å². The minimum Gasteiger partial charge on any atom is -0.393 e. The summed E-state index contributed by atoms with van der Waals surface area (Å²) in [6.45, 7) is 9.20. The number of imidazole rings is 1. The van der Waals surface area contributed by atoms with Gasteiger partial charge in [0.15, 0.2) is 0 Å². The van der Waals surface area contributed by atoms with Gasteiger partial charge < -0.3 is 24.6 Å². The van der Waals surface area contributed by atoms with Gasteiger partial charge in [-0.2, -0.15) is 18.2 Å². The first kappa shape index (κ1) is 46.9. The first-order chi connectivity index (χ1) is 32.4. The number of amides is 2. The topological polar surface area (TPSA) is 155 Å². The van der Waals surface area contributed by atoms with E-state index in [0.717, 1.165) is 118 Å². The van der Waals surface area contributed by atoms with Crippen molar-refractivity contribution in [2.45, 2.75) is 108 Å². The van der Waals surface area contributed by atoms with E-state index in [0.29, 0.717) is 49.7 Å². The summed E-state index contributed by atoms with van der Waals surface area (Å²) in [5.41, 5.74) is 6.29. The van der Waals surface area contributed by atoms with Gasteiger partial charge in [0, 0.05) is 101 Å². The van der Waals surface area contributed by atoms with E-state index in [2.05, 4.69) is 65.3 Å². The molecule has 3 aromatic heterocycles. The number of aromatic nitrogens is 5. The minimum absolute atomic E-state index is 0.138. The number of ether oxygens (including phenoxy) is 1. The van der Waals surface area contributed by atoms with E-state index in [9.17, 15) is 32.7 Å². The van der Waals surface area contributed by atoms with Crippen molar-refractivity contribution in [1.82, 2.24) is 43.7 Å². The molecule has 1 aliphatic carbocycles.